The van der Waals surface area contributed by atoms with Gasteiger partial charge in [-0.25, -0.2) is 0 Å². The Kier molecular flexibility index (Phi) is 6.90. The first-order chi connectivity index (χ1) is 22.3. The van der Waals surface area contributed by atoms with Crippen molar-refractivity contribution >= 4 is 38.6 Å². The Morgan fingerprint density at radius 2 is 0.733 bits per heavy atom. The third-order valence-corrected chi connectivity index (χ3v) is 8.65. The van der Waals surface area contributed by atoms with E-state index < -0.39 is 0 Å². The lowest BCUT2D eigenvalue weighted by molar-refractivity contribution is 1.30. The average Bonchev–Trinajstić information content (AvgIpc) is 3.13. The van der Waals surface area contributed by atoms with E-state index in [4.69, 9.17) is 0 Å². The van der Waals surface area contributed by atoms with Crippen LogP contribution < -0.4 is 4.90 Å². The molecular formula is C44H31N. The molecule has 0 fully saturated rings. The minimum Gasteiger partial charge on any atom is -0.310 e. The number of fused-ring (bicyclic) bond motifs is 2. The van der Waals surface area contributed by atoms with E-state index in [1.807, 2.05) is 0 Å². The Labute approximate surface area is 264 Å². The van der Waals surface area contributed by atoms with Crippen LogP contribution in [0.5, 0.6) is 0 Å². The van der Waals surface area contributed by atoms with Gasteiger partial charge in [-0.05, 0) is 92.0 Å². The fourth-order valence-electron chi connectivity index (χ4n) is 6.48. The molecule has 0 bridgehead atoms. The van der Waals surface area contributed by atoms with E-state index in [2.05, 4.69) is 193 Å². The number of hydrogen-bond donors (Lipinski definition) is 0. The van der Waals surface area contributed by atoms with Crippen molar-refractivity contribution < 1.29 is 0 Å². The molecule has 0 unspecified atom stereocenters. The number of nitrogens with zero attached hydrogens (tertiary/aromatic N) is 1. The van der Waals surface area contributed by atoms with Crippen LogP contribution in [0.15, 0.2) is 188 Å². The zero-order valence-corrected chi connectivity index (χ0v) is 24.8. The molecule has 8 rings (SSSR count). The minimum absolute atomic E-state index is 1.12. The second-order valence-electron chi connectivity index (χ2n) is 11.4. The van der Waals surface area contributed by atoms with Gasteiger partial charge in [0.2, 0.25) is 0 Å². The van der Waals surface area contributed by atoms with Gasteiger partial charge in [-0.2, -0.15) is 0 Å². The molecule has 0 aromatic heterocycles. The number of rotatable bonds is 6. The summed E-state index contributed by atoms with van der Waals surface area (Å²) in [5.74, 6) is 0. The molecule has 0 saturated carbocycles. The normalized spacial score (nSPS) is 11.1. The van der Waals surface area contributed by atoms with Crippen molar-refractivity contribution in [3.63, 3.8) is 0 Å². The van der Waals surface area contributed by atoms with E-state index in [9.17, 15) is 0 Å². The molecule has 8 aromatic rings. The molecule has 1 nitrogen and oxygen atoms in total. The third kappa shape index (κ3) is 5.05. The maximum Gasteiger partial charge on any atom is 0.0540 e. The summed E-state index contributed by atoms with van der Waals surface area (Å²) in [7, 11) is 0. The summed E-state index contributed by atoms with van der Waals surface area (Å²) in [6.07, 6.45) is 0. The van der Waals surface area contributed by atoms with Gasteiger partial charge < -0.3 is 4.90 Å². The van der Waals surface area contributed by atoms with Gasteiger partial charge in [0.15, 0.2) is 0 Å². The van der Waals surface area contributed by atoms with Crippen LogP contribution in [-0.4, -0.2) is 0 Å². The number of benzene rings is 8. The molecule has 0 aliphatic carbocycles. The van der Waals surface area contributed by atoms with Crippen molar-refractivity contribution in [2.45, 2.75) is 0 Å². The van der Waals surface area contributed by atoms with Gasteiger partial charge in [0, 0.05) is 16.8 Å². The maximum atomic E-state index is 2.37. The highest BCUT2D eigenvalue weighted by Gasteiger charge is 2.18. The van der Waals surface area contributed by atoms with E-state index in [-0.39, 0.29) is 0 Å². The molecule has 0 radical (unpaired) electrons. The van der Waals surface area contributed by atoms with Crippen LogP contribution in [-0.2, 0) is 0 Å². The quantitative estimate of drug-likeness (QED) is 0.191. The predicted molar refractivity (Wildman–Crippen MR) is 192 cm³/mol. The molecule has 0 N–H and O–H groups in total. The smallest absolute Gasteiger partial charge is 0.0540 e. The molecule has 45 heavy (non-hydrogen) atoms. The highest BCUT2D eigenvalue weighted by Crippen LogP contribution is 2.43. The van der Waals surface area contributed by atoms with E-state index >= 15 is 0 Å². The Morgan fingerprint density at radius 3 is 1.33 bits per heavy atom. The first kappa shape index (κ1) is 26.7. The van der Waals surface area contributed by atoms with Crippen molar-refractivity contribution in [3.05, 3.63) is 188 Å². The van der Waals surface area contributed by atoms with Crippen LogP contribution in [0.3, 0.4) is 0 Å². The van der Waals surface area contributed by atoms with Crippen molar-refractivity contribution in [3.8, 4) is 33.4 Å². The highest BCUT2D eigenvalue weighted by molar-refractivity contribution is 6.06. The van der Waals surface area contributed by atoms with Gasteiger partial charge in [-0.15, -0.1) is 0 Å². The van der Waals surface area contributed by atoms with Crippen LogP contribution in [0.2, 0.25) is 0 Å². The number of anilines is 3. The van der Waals surface area contributed by atoms with Crippen LogP contribution in [0.25, 0.3) is 54.9 Å². The van der Waals surface area contributed by atoms with Crippen LogP contribution in [0.1, 0.15) is 0 Å². The molecule has 1 heteroatoms. The van der Waals surface area contributed by atoms with Gasteiger partial charge in [0.25, 0.3) is 0 Å². The summed E-state index contributed by atoms with van der Waals surface area (Å²) in [5.41, 5.74) is 10.7. The average molecular weight is 574 g/mol. The van der Waals surface area contributed by atoms with Crippen molar-refractivity contribution in [1.82, 2.24) is 0 Å². The highest BCUT2D eigenvalue weighted by atomic mass is 15.1. The van der Waals surface area contributed by atoms with Gasteiger partial charge in [0.05, 0.1) is 5.69 Å². The molecule has 0 saturated heterocycles. The third-order valence-electron chi connectivity index (χ3n) is 8.65. The molecule has 0 amide bonds. The summed E-state index contributed by atoms with van der Waals surface area (Å²) >= 11 is 0. The SMILES string of the molecule is c1ccc(-c2cc3ccccc3cc2-c2ccc(N(c3ccccc3)c3ccc(-c4ccccc4)c4ccccc34)cc2)cc1. The van der Waals surface area contributed by atoms with Crippen molar-refractivity contribution in [2.24, 2.45) is 0 Å². The Hall–Kier alpha value is -5.92. The standard InChI is InChI=1S/C44H31N/c1-4-14-32(15-5-1)39-28-29-44(41-23-13-12-22-40(39)41)45(37-20-8-3-9-21-37)38-26-24-34(25-27-38)43-31-36-19-11-10-18-35(36)30-42(43)33-16-6-2-7-17-33/h1-31H. The van der Waals surface area contributed by atoms with Gasteiger partial charge >= 0.3 is 0 Å². The minimum atomic E-state index is 1.12. The molecule has 0 aliphatic heterocycles. The molecule has 8 aromatic carbocycles. The second-order valence-corrected chi connectivity index (χ2v) is 11.4. The maximum absolute atomic E-state index is 2.37. The largest absolute Gasteiger partial charge is 0.310 e. The van der Waals surface area contributed by atoms with E-state index in [0.29, 0.717) is 0 Å². The second kappa shape index (κ2) is 11.6. The lowest BCUT2D eigenvalue weighted by atomic mass is 9.91. The molecule has 0 heterocycles. The fourth-order valence-corrected chi connectivity index (χ4v) is 6.48. The van der Waals surface area contributed by atoms with Crippen LogP contribution in [0, 0.1) is 0 Å². The van der Waals surface area contributed by atoms with E-state index in [0.717, 1.165) is 17.1 Å². The van der Waals surface area contributed by atoms with E-state index in [1.165, 1.54) is 54.9 Å². The lowest BCUT2D eigenvalue weighted by Gasteiger charge is -2.27. The first-order valence-corrected chi connectivity index (χ1v) is 15.4. The first-order valence-electron chi connectivity index (χ1n) is 15.4. The van der Waals surface area contributed by atoms with Crippen LogP contribution >= 0.6 is 0 Å². The van der Waals surface area contributed by atoms with Crippen molar-refractivity contribution in [2.75, 3.05) is 4.90 Å². The molecule has 212 valence electrons. The number of hydrogen-bond acceptors (Lipinski definition) is 1. The summed E-state index contributed by atoms with van der Waals surface area (Å²) in [4.78, 5) is 2.37. The van der Waals surface area contributed by atoms with Gasteiger partial charge in [-0.3, -0.25) is 0 Å². The fraction of sp³-hybridized carbons (Fsp3) is 0. The van der Waals surface area contributed by atoms with Crippen molar-refractivity contribution in [1.29, 1.82) is 0 Å². The van der Waals surface area contributed by atoms with Crippen LogP contribution in [0.4, 0.5) is 17.1 Å². The topological polar surface area (TPSA) is 3.24 Å². The molecule has 0 atom stereocenters. The Bertz CT molecular complexity index is 2240. The summed E-state index contributed by atoms with van der Waals surface area (Å²) in [5, 5.41) is 4.94. The zero-order chi connectivity index (χ0) is 30.0. The number of para-hydroxylation sites is 1. The monoisotopic (exact) mass is 573 g/mol. The Balaban J connectivity index is 1.28. The summed E-state index contributed by atoms with van der Waals surface area (Å²) < 4.78 is 0. The zero-order valence-electron chi connectivity index (χ0n) is 24.8. The van der Waals surface area contributed by atoms with E-state index in [1.54, 1.807) is 0 Å². The Morgan fingerprint density at radius 1 is 0.289 bits per heavy atom. The molecule has 0 spiro atoms. The summed E-state index contributed by atoms with van der Waals surface area (Å²) in [6.45, 7) is 0. The van der Waals surface area contributed by atoms with Gasteiger partial charge in [-0.1, -0.05) is 146 Å². The molecule has 0 aliphatic rings. The molecular weight excluding hydrogens is 542 g/mol. The van der Waals surface area contributed by atoms with Gasteiger partial charge in [0.1, 0.15) is 0 Å². The predicted octanol–water partition coefficient (Wildman–Crippen LogP) is 12.5. The summed E-state index contributed by atoms with van der Waals surface area (Å²) in [6, 6.07) is 67.6. The lowest BCUT2D eigenvalue weighted by Crippen LogP contribution is -2.10.